The van der Waals surface area contributed by atoms with Gasteiger partial charge >= 0.3 is 0 Å². The van der Waals surface area contributed by atoms with Crippen LogP contribution in [0.25, 0.3) is 10.9 Å². The Balaban J connectivity index is 1.99. The number of benzene rings is 2. The third kappa shape index (κ3) is 2.86. The Morgan fingerprint density at radius 3 is 2.50 bits per heavy atom. The van der Waals surface area contributed by atoms with Gasteiger partial charge in [0.05, 0.1) is 16.1 Å². The quantitative estimate of drug-likeness (QED) is 0.687. The second kappa shape index (κ2) is 6.72. The molecule has 1 fully saturated rings. The number of aromatic nitrogens is 1. The summed E-state index contributed by atoms with van der Waals surface area (Å²) in [4.78, 5) is 7.31. The minimum Gasteiger partial charge on any atom is -0.367 e. The van der Waals surface area contributed by atoms with E-state index >= 15 is 0 Å². The minimum atomic E-state index is -3.64. The van der Waals surface area contributed by atoms with Crippen molar-refractivity contribution in [1.82, 2.24) is 4.98 Å². The normalized spacial score (nSPS) is 18.2. The minimum absolute atomic E-state index is 0.302. The number of hydrogen-bond donors (Lipinski definition) is 0. The number of hydrogen-bond acceptors (Lipinski definition) is 4. The Morgan fingerprint density at radius 2 is 1.73 bits per heavy atom. The summed E-state index contributed by atoms with van der Waals surface area (Å²) in [5.74, 6) is 0. The molecule has 0 amide bonds. The monoisotopic (exact) mass is 366 g/mol. The van der Waals surface area contributed by atoms with Crippen LogP contribution in [-0.2, 0) is 9.84 Å². The highest BCUT2D eigenvalue weighted by atomic mass is 32.2. The van der Waals surface area contributed by atoms with Crippen molar-refractivity contribution in [2.45, 2.75) is 42.0 Å². The van der Waals surface area contributed by atoms with Crippen LogP contribution < -0.4 is 4.90 Å². The molecule has 0 saturated carbocycles. The van der Waals surface area contributed by atoms with Gasteiger partial charge in [-0.2, -0.15) is 0 Å². The van der Waals surface area contributed by atoms with E-state index in [4.69, 9.17) is 0 Å². The van der Waals surface area contributed by atoms with Gasteiger partial charge in [0.15, 0.2) is 0 Å². The van der Waals surface area contributed by atoms with Gasteiger partial charge in [0.25, 0.3) is 0 Å². The Kier molecular flexibility index (Phi) is 4.41. The summed E-state index contributed by atoms with van der Waals surface area (Å²) in [5.41, 5.74) is 1.62. The van der Waals surface area contributed by atoms with Crippen molar-refractivity contribution in [2.75, 3.05) is 11.4 Å². The van der Waals surface area contributed by atoms with Gasteiger partial charge < -0.3 is 4.90 Å². The highest BCUT2D eigenvalue weighted by molar-refractivity contribution is 7.91. The predicted molar refractivity (Wildman–Crippen MR) is 104 cm³/mol. The van der Waals surface area contributed by atoms with E-state index in [1.807, 2.05) is 30.3 Å². The maximum Gasteiger partial charge on any atom is 0.210 e. The number of para-hydroxylation sites is 1. The molecule has 1 aliphatic heterocycles. The molecule has 4 nitrogen and oxygen atoms in total. The molecule has 2 aromatic carbocycles. The Hall–Kier alpha value is -2.40. The van der Waals surface area contributed by atoms with E-state index in [9.17, 15) is 8.42 Å². The summed E-state index contributed by atoms with van der Waals surface area (Å²) in [6.07, 6.45) is 4.86. The maximum absolute atomic E-state index is 13.4. The smallest absolute Gasteiger partial charge is 0.210 e. The molecule has 5 heteroatoms. The highest BCUT2D eigenvalue weighted by Crippen LogP contribution is 2.38. The van der Waals surface area contributed by atoms with Gasteiger partial charge in [0, 0.05) is 24.2 Å². The molecule has 1 aromatic heterocycles. The van der Waals surface area contributed by atoms with Gasteiger partial charge in [-0.05, 0) is 44.4 Å². The van der Waals surface area contributed by atoms with E-state index in [0.717, 1.165) is 36.0 Å². The maximum atomic E-state index is 13.4. The van der Waals surface area contributed by atoms with Crippen LogP contribution in [0.4, 0.5) is 5.69 Å². The summed E-state index contributed by atoms with van der Waals surface area (Å²) < 4.78 is 26.8. The number of nitrogens with zero attached hydrogens (tertiary/aromatic N) is 2. The fourth-order valence-electron chi connectivity index (χ4n) is 3.76. The Labute approximate surface area is 154 Å². The Morgan fingerprint density at radius 1 is 1.00 bits per heavy atom. The Bertz CT molecular complexity index is 1030. The molecule has 0 unspecified atom stereocenters. The lowest BCUT2D eigenvalue weighted by molar-refractivity contribution is 0.483. The first-order chi connectivity index (χ1) is 12.6. The second-order valence-corrected chi connectivity index (χ2v) is 8.76. The standard InChI is InChI=1S/C21H22N2O2S/c1-16-9-7-8-14-23(16)21-18-12-5-6-13-19(18)22-15-20(21)26(24,25)17-10-3-2-4-11-17/h2-6,10-13,15-16H,7-9,14H2,1H3/t16-/m0/s1. The molecule has 0 N–H and O–H groups in total. The average molecular weight is 366 g/mol. The van der Waals surface area contributed by atoms with E-state index in [-0.39, 0.29) is 0 Å². The van der Waals surface area contributed by atoms with Gasteiger partial charge in [0.1, 0.15) is 4.90 Å². The molecule has 0 bridgehead atoms. The van der Waals surface area contributed by atoms with E-state index in [1.165, 1.54) is 12.6 Å². The van der Waals surface area contributed by atoms with Crippen molar-refractivity contribution < 1.29 is 8.42 Å². The predicted octanol–water partition coefficient (Wildman–Crippen LogP) is 4.45. The molecule has 1 saturated heterocycles. The first-order valence-corrected chi connectivity index (χ1v) is 10.5. The number of sulfone groups is 1. The van der Waals surface area contributed by atoms with E-state index < -0.39 is 9.84 Å². The molecule has 0 spiro atoms. The van der Waals surface area contributed by atoms with Gasteiger partial charge in [-0.25, -0.2) is 8.42 Å². The third-order valence-corrected chi connectivity index (χ3v) is 6.92. The van der Waals surface area contributed by atoms with Crippen LogP contribution >= 0.6 is 0 Å². The zero-order chi connectivity index (χ0) is 18.1. The fraction of sp³-hybridized carbons (Fsp3) is 0.286. The summed E-state index contributed by atoms with van der Waals surface area (Å²) in [5, 5.41) is 0.901. The molecular weight excluding hydrogens is 344 g/mol. The van der Waals surface area contributed by atoms with E-state index in [2.05, 4.69) is 16.8 Å². The van der Waals surface area contributed by atoms with Crippen molar-refractivity contribution in [1.29, 1.82) is 0 Å². The molecule has 26 heavy (non-hydrogen) atoms. The second-order valence-electron chi connectivity index (χ2n) is 6.84. The molecule has 0 radical (unpaired) electrons. The fourth-order valence-corrected chi connectivity index (χ4v) is 5.20. The zero-order valence-electron chi connectivity index (χ0n) is 14.8. The number of fused-ring (bicyclic) bond motifs is 1. The van der Waals surface area contributed by atoms with Gasteiger partial charge in [-0.1, -0.05) is 36.4 Å². The first-order valence-electron chi connectivity index (χ1n) is 9.03. The van der Waals surface area contributed by atoms with Crippen LogP contribution in [0, 0.1) is 0 Å². The molecular formula is C21H22N2O2S. The summed E-state index contributed by atoms with van der Waals surface area (Å²) in [6, 6.07) is 16.7. The zero-order valence-corrected chi connectivity index (χ0v) is 15.6. The van der Waals surface area contributed by atoms with Gasteiger partial charge in [0.2, 0.25) is 9.84 Å². The first kappa shape index (κ1) is 17.0. The summed E-state index contributed by atoms with van der Waals surface area (Å²) >= 11 is 0. The number of rotatable bonds is 3. The van der Waals surface area contributed by atoms with Gasteiger partial charge in [-0.3, -0.25) is 4.98 Å². The third-order valence-electron chi connectivity index (χ3n) is 5.15. The molecule has 2 heterocycles. The van der Waals surface area contributed by atoms with Crippen LogP contribution in [0.3, 0.4) is 0 Å². The molecule has 1 aliphatic rings. The van der Waals surface area contributed by atoms with E-state index in [1.54, 1.807) is 24.3 Å². The topological polar surface area (TPSA) is 50.3 Å². The number of anilines is 1. The van der Waals surface area contributed by atoms with Crippen molar-refractivity contribution in [3.63, 3.8) is 0 Å². The molecule has 3 aromatic rings. The number of piperidine rings is 1. The molecule has 1 atom stereocenters. The SMILES string of the molecule is C[C@H]1CCCCN1c1c(S(=O)(=O)c2ccccc2)cnc2ccccc12. The van der Waals surface area contributed by atoms with Crippen molar-refractivity contribution in [2.24, 2.45) is 0 Å². The summed E-state index contributed by atoms with van der Waals surface area (Å²) in [7, 11) is -3.64. The van der Waals surface area contributed by atoms with Crippen molar-refractivity contribution >= 4 is 26.4 Å². The van der Waals surface area contributed by atoms with Crippen LogP contribution in [0.1, 0.15) is 26.2 Å². The molecule has 0 aliphatic carbocycles. The van der Waals surface area contributed by atoms with E-state index in [0.29, 0.717) is 15.8 Å². The number of pyridine rings is 1. The lowest BCUT2D eigenvalue weighted by atomic mass is 10.0. The molecule has 4 rings (SSSR count). The van der Waals surface area contributed by atoms with Crippen molar-refractivity contribution in [3.8, 4) is 0 Å². The lowest BCUT2D eigenvalue weighted by Crippen LogP contribution is -2.38. The van der Waals surface area contributed by atoms with Crippen LogP contribution in [-0.4, -0.2) is 26.0 Å². The summed E-state index contributed by atoms with van der Waals surface area (Å²) in [6.45, 7) is 3.04. The van der Waals surface area contributed by atoms with Crippen LogP contribution in [0.5, 0.6) is 0 Å². The average Bonchev–Trinajstić information content (AvgIpc) is 2.68. The molecule has 134 valence electrons. The lowest BCUT2D eigenvalue weighted by Gasteiger charge is -2.37. The van der Waals surface area contributed by atoms with Crippen molar-refractivity contribution in [3.05, 3.63) is 60.8 Å². The highest BCUT2D eigenvalue weighted by Gasteiger charge is 2.29. The van der Waals surface area contributed by atoms with Crippen LogP contribution in [0.15, 0.2) is 70.6 Å². The van der Waals surface area contributed by atoms with Gasteiger partial charge in [-0.15, -0.1) is 0 Å². The van der Waals surface area contributed by atoms with Crippen LogP contribution in [0.2, 0.25) is 0 Å². The largest absolute Gasteiger partial charge is 0.367 e.